The highest BCUT2D eigenvalue weighted by Crippen LogP contribution is 2.57. The average molecular weight is 546 g/mol. The third-order valence-electron chi connectivity index (χ3n) is 8.43. The maximum absolute atomic E-state index is 14.2. The van der Waals surface area contributed by atoms with Crippen LogP contribution in [0.2, 0.25) is 0 Å². The van der Waals surface area contributed by atoms with E-state index >= 15 is 0 Å². The second kappa shape index (κ2) is 8.84. The first kappa shape index (κ1) is 25.9. The van der Waals surface area contributed by atoms with E-state index in [1.54, 1.807) is 48.9 Å². The van der Waals surface area contributed by atoms with Gasteiger partial charge in [0.1, 0.15) is 12.2 Å². The van der Waals surface area contributed by atoms with Crippen molar-refractivity contribution in [2.24, 2.45) is 7.05 Å². The molecule has 2 aliphatic carbocycles. The van der Waals surface area contributed by atoms with Gasteiger partial charge < -0.3 is 14.8 Å². The summed E-state index contributed by atoms with van der Waals surface area (Å²) in [7, 11) is 1.68. The SMILES string of the molecule is CC(NC1CCC1)c1cc2c(c(C(F)(F)F)c1)CN(c1cccc(C3(c4nncn4C)CC(F)(F)C3)c1)C2=O. The van der Waals surface area contributed by atoms with Crippen LogP contribution in [-0.2, 0) is 25.2 Å². The van der Waals surface area contributed by atoms with Crippen LogP contribution in [0.25, 0.3) is 0 Å². The molecule has 2 heterocycles. The van der Waals surface area contributed by atoms with Crippen LogP contribution in [0.1, 0.15) is 83.5 Å². The molecule has 3 aromatic rings. The highest BCUT2D eigenvalue weighted by molar-refractivity contribution is 6.10. The summed E-state index contributed by atoms with van der Waals surface area (Å²) in [5, 5.41) is 11.3. The molecule has 1 atom stereocenters. The van der Waals surface area contributed by atoms with Crippen LogP contribution in [0.4, 0.5) is 27.6 Å². The molecule has 2 fully saturated rings. The van der Waals surface area contributed by atoms with E-state index in [-0.39, 0.29) is 29.8 Å². The minimum atomic E-state index is -4.64. The molecular formula is C28H28F5N5O. The van der Waals surface area contributed by atoms with Crippen LogP contribution in [0.3, 0.4) is 0 Å². The first-order chi connectivity index (χ1) is 18.4. The van der Waals surface area contributed by atoms with E-state index < -0.39 is 41.8 Å². The zero-order valence-corrected chi connectivity index (χ0v) is 21.5. The standard InChI is InChI=1S/C28H28F5N5O/c1-16(35-19-6-4-7-19)17-9-21-22(23(10-17)28(31,32)33)12-38(24(21)39)20-8-3-5-18(11-20)26(13-27(29,30)14-26)25-36-34-15-37(25)2/h3,5,8-11,15-16,19,35H,4,6-7,12-14H2,1-2H3. The van der Waals surface area contributed by atoms with E-state index in [9.17, 15) is 26.7 Å². The van der Waals surface area contributed by atoms with Gasteiger partial charge in [0, 0.05) is 43.2 Å². The Labute approximate surface area is 222 Å². The van der Waals surface area contributed by atoms with Gasteiger partial charge in [-0.2, -0.15) is 13.2 Å². The molecule has 0 spiro atoms. The van der Waals surface area contributed by atoms with Gasteiger partial charge in [0.15, 0.2) is 0 Å². The molecule has 1 amide bonds. The summed E-state index contributed by atoms with van der Waals surface area (Å²) in [4.78, 5) is 14.9. The van der Waals surface area contributed by atoms with Gasteiger partial charge in [-0.05, 0) is 60.7 Å². The maximum Gasteiger partial charge on any atom is 0.416 e. The molecule has 1 N–H and O–H groups in total. The molecule has 3 aliphatic rings. The van der Waals surface area contributed by atoms with E-state index in [1.165, 1.54) is 11.2 Å². The third-order valence-corrected chi connectivity index (χ3v) is 8.43. The van der Waals surface area contributed by atoms with Gasteiger partial charge in [0.25, 0.3) is 11.8 Å². The molecule has 11 heteroatoms. The fraction of sp³-hybridized carbons (Fsp3) is 0.464. The number of carbonyl (C=O) groups excluding carboxylic acids is 1. The predicted molar refractivity (Wildman–Crippen MR) is 134 cm³/mol. The molecule has 1 unspecified atom stereocenters. The van der Waals surface area contributed by atoms with Crippen molar-refractivity contribution >= 4 is 11.6 Å². The summed E-state index contributed by atoms with van der Waals surface area (Å²) < 4.78 is 72.6. The molecule has 6 nitrogen and oxygen atoms in total. The Morgan fingerprint density at radius 1 is 1.13 bits per heavy atom. The number of anilines is 1. The van der Waals surface area contributed by atoms with Crippen molar-refractivity contribution in [2.75, 3.05) is 4.90 Å². The van der Waals surface area contributed by atoms with Crippen LogP contribution in [0, 0.1) is 0 Å². The van der Waals surface area contributed by atoms with E-state index in [1.807, 2.05) is 0 Å². The van der Waals surface area contributed by atoms with Gasteiger partial charge in [-0.3, -0.25) is 4.79 Å². The number of aromatic nitrogens is 3. The Bertz CT molecular complexity index is 1440. The zero-order valence-electron chi connectivity index (χ0n) is 21.5. The largest absolute Gasteiger partial charge is 0.416 e. The van der Waals surface area contributed by atoms with Gasteiger partial charge in [-0.15, -0.1) is 10.2 Å². The molecule has 1 aliphatic heterocycles. The van der Waals surface area contributed by atoms with Crippen LogP contribution in [-0.4, -0.2) is 32.6 Å². The van der Waals surface area contributed by atoms with Crippen molar-refractivity contribution in [1.29, 1.82) is 0 Å². The zero-order chi connectivity index (χ0) is 27.7. The number of amides is 1. The number of aryl methyl sites for hydroxylation is 1. The van der Waals surface area contributed by atoms with Gasteiger partial charge >= 0.3 is 6.18 Å². The number of fused-ring (bicyclic) bond motifs is 1. The highest BCUT2D eigenvalue weighted by Gasteiger charge is 2.60. The minimum Gasteiger partial charge on any atom is -0.320 e. The Balaban J connectivity index is 1.37. The highest BCUT2D eigenvalue weighted by atomic mass is 19.4. The quantitative estimate of drug-likeness (QED) is 0.391. The molecule has 2 saturated carbocycles. The first-order valence-electron chi connectivity index (χ1n) is 13.0. The van der Waals surface area contributed by atoms with E-state index in [0.29, 0.717) is 22.6 Å². The summed E-state index contributed by atoms with van der Waals surface area (Å²) in [6, 6.07) is 9.16. The number of hydrogen-bond acceptors (Lipinski definition) is 4. The number of hydrogen-bond donors (Lipinski definition) is 1. The second-order valence-corrected chi connectivity index (χ2v) is 11.1. The maximum atomic E-state index is 14.2. The third kappa shape index (κ3) is 4.31. The first-order valence-corrected chi connectivity index (χ1v) is 13.0. The monoisotopic (exact) mass is 545 g/mol. The van der Waals surface area contributed by atoms with Crippen LogP contribution in [0.15, 0.2) is 42.7 Å². The molecule has 39 heavy (non-hydrogen) atoms. The summed E-state index contributed by atoms with van der Waals surface area (Å²) in [6.45, 7) is 1.55. The van der Waals surface area contributed by atoms with Crippen LogP contribution in [0.5, 0.6) is 0 Å². The van der Waals surface area contributed by atoms with Crippen molar-refractivity contribution < 1.29 is 26.7 Å². The van der Waals surface area contributed by atoms with Crippen LogP contribution >= 0.6 is 0 Å². The van der Waals surface area contributed by atoms with Crippen LogP contribution < -0.4 is 10.2 Å². The second-order valence-electron chi connectivity index (χ2n) is 11.1. The summed E-state index contributed by atoms with van der Waals surface area (Å²) in [5.74, 6) is -3.06. The Kier molecular flexibility index (Phi) is 5.87. The average Bonchev–Trinajstić information content (AvgIpc) is 3.41. The lowest BCUT2D eigenvalue weighted by Crippen LogP contribution is -2.51. The van der Waals surface area contributed by atoms with Gasteiger partial charge in [-0.1, -0.05) is 18.6 Å². The molecule has 2 aromatic carbocycles. The van der Waals surface area contributed by atoms with E-state index in [0.717, 1.165) is 25.3 Å². The molecule has 6 rings (SSSR count). The summed E-state index contributed by atoms with van der Waals surface area (Å²) >= 11 is 0. The number of rotatable bonds is 6. The van der Waals surface area contributed by atoms with Gasteiger partial charge in [-0.25, -0.2) is 8.78 Å². The fourth-order valence-corrected chi connectivity index (χ4v) is 6.18. The lowest BCUT2D eigenvalue weighted by molar-refractivity contribution is -0.138. The molecule has 206 valence electrons. The Hall–Kier alpha value is -3.34. The number of carbonyl (C=O) groups is 1. The minimum absolute atomic E-state index is 0.0191. The molecule has 0 saturated heterocycles. The summed E-state index contributed by atoms with van der Waals surface area (Å²) in [6.07, 6.45) is -1.10. The van der Waals surface area contributed by atoms with Crippen molar-refractivity contribution in [3.8, 4) is 0 Å². The number of nitrogens with zero attached hydrogens (tertiary/aromatic N) is 4. The van der Waals surface area contributed by atoms with Gasteiger partial charge in [0.05, 0.1) is 17.5 Å². The van der Waals surface area contributed by atoms with Crippen molar-refractivity contribution in [3.05, 3.63) is 76.4 Å². The smallest absolute Gasteiger partial charge is 0.320 e. The molecule has 0 radical (unpaired) electrons. The van der Waals surface area contributed by atoms with Gasteiger partial charge in [0.2, 0.25) is 0 Å². The number of halogens is 5. The summed E-state index contributed by atoms with van der Waals surface area (Å²) in [5.41, 5.74) is -0.718. The Morgan fingerprint density at radius 2 is 1.87 bits per heavy atom. The lowest BCUT2D eigenvalue weighted by atomic mass is 9.61. The van der Waals surface area contributed by atoms with E-state index in [2.05, 4.69) is 15.5 Å². The topological polar surface area (TPSA) is 63.0 Å². The molecular weight excluding hydrogens is 517 g/mol. The molecule has 0 bridgehead atoms. The number of alkyl halides is 5. The number of nitrogens with one attached hydrogen (secondary N) is 1. The van der Waals surface area contributed by atoms with Crippen molar-refractivity contribution in [2.45, 2.75) is 75.2 Å². The Morgan fingerprint density at radius 3 is 2.46 bits per heavy atom. The predicted octanol–water partition coefficient (Wildman–Crippen LogP) is 5.91. The fourth-order valence-electron chi connectivity index (χ4n) is 6.18. The number of benzene rings is 2. The van der Waals surface area contributed by atoms with E-state index in [4.69, 9.17) is 0 Å². The normalized spacial score (nSPS) is 20.9. The molecule has 1 aromatic heterocycles. The van der Waals surface area contributed by atoms with Crippen molar-refractivity contribution in [1.82, 2.24) is 20.1 Å². The van der Waals surface area contributed by atoms with Crippen molar-refractivity contribution in [3.63, 3.8) is 0 Å². The lowest BCUT2D eigenvalue weighted by Gasteiger charge is -2.46.